The van der Waals surface area contributed by atoms with E-state index in [-0.39, 0.29) is 23.6 Å². The summed E-state index contributed by atoms with van der Waals surface area (Å²) in [6, 6.07) is 0.242. The summed E-state index contributed by atoms with van der Waals surface area (Å²) in [5.74, 6) is -0.0590. The molecule has 2 saturated heterocycles. The van der Waals surface area contributed by atoms with Crippen LogP contribution in [-0.2, 0) is 14.8 Å². The summed E-state index contributed by atoms with van der Waals surface area (Å²) < 4.78 is 25.4. The van der Waals surface area contributed by atoms with Crippen molar-refractivity contribution in [3.8, 4) is 0 Å². The lowest BCUT2D eigenvalue weighted by atomic mass is 9.97. The van der Waals surface area contributed by atoms with Crippen molar-refractivity contribution < 1.29 is 13.2 Å². The Morgan fingerprint density at radius 3 is 2.48 bits per heavy atom. The van der Waals surface area contributed by atoms with Gasteiger partial charge in [0.15, 0.2) is 0 Å². The molecule has 6 nitrogen and oxygen atoms in total. The van der Waals surface area contributed by atoms with E-state index in [0.29, 0.717) is 13.1 Å². The number of amides is 1. The summed E-state index contributed by atoms with van der Waals surface area (Å²) in [7, 11) is -1.09. The second kappa shape index (κ2) is 7.07. The van der Waals surface area contributed by atoms with Gasteiger partial charge in [0.05, 0.1) is 11.7 Å². The maximum atomic E-state index is 12.4. The molecule has 1 unspecified atom stereocenters. The summed E-state index contributed by atoms with van der Waals surface area (Å²) in [6.07, 6.45) is 3.51. The number of carbonyl (C=O) groups excluding carboxylic acids is 1. The third-order valence-corrected chi connectivity index (χ3v) is 6.43. The highest BCUT2D eigenvalue weighted by Gasteiger charge is 2.32. The predicted molar refractivity (Wildman–Crippen MR) is 82.4 cm³/mol. The molecule has 0 aromatic rings. The molecule has 2 aliphatic heterocycles. The molecule has 0 saturated carbocycles. The van der Waals surface area contributed by atoms with Crippen LogP contribution in [0.5, 0.6) is 0 Å². The molecule has 0 aliphatic carbocycles. The lowest BCUT2D eigenvalue weighted by Crippen LogP contribution is -2.49. The summed E-state index contributed by atoms with van der Waals surface area (Å²) in [4.78, 5) is 14.6. The van der Waals surface area contributed by atoms with E-state index in [4.69, 9.17) is 0 Å². The first kappa shape index (κ1) is 16.7. The zero-order valence-corrected chi connectivity index (χ0v) is 13.9. The molecular formula is C14H27N3O3S. The summed E-state index contributed by atoms with van der Waals surface area (Å²) in [6.45, 7) is 4.55. The van der Waals surface area contributed by atoms with Crippen molar-refractivity contribution in [3.63, 3.8) is 0 Å². The quantitative estimate of drug-likeness (QED) is 0.807. The highest BCUT2D eigenvalue weighted by atomic mass is 32.2. The van der Waals surface area contributed by atoms with E-state index in [2.05, 4.69) is 17.3 Å². The van der Waals surface area contributed by atoms with E-state index in [0.717, 1.165) is 38.8 Å². The van der Waals surface area contributed by atoms with E-state index >= 15 is 0 Å². The number of likely N-dealkylation sites (tertiary alicyclic amines) is 1. The van der Waals surface area contributed by atoms with Crippen LogP contribution in [0.4, 0.5) is 0 Å². The van der Waals surface area contributed by atoms with Crippen molar-refractivity contribution in [1.29, 1.82) is 0 Å². The average molecular weight is 317 g/mol. The first-order chi connectivity index (χ1) is 9.92. The smallest absolute Gasteiger partial charge is 0.224 e. The molecule has 2 rings (SSSR count). The highest BCUT2D eigenvalue weighted by Crippen LogP contribution is 2.20. The van der Waals surface area contributed by atoms with E-state index in [1.807, 2.05) is 0 Å². The van der Waals surface area contributed by atoms with Gasteiger partial charge < -0.3 is 10.2 Å². The van der Waals surface area contributed by atoms with Crippen molar-refractivity contribution >= 4 is 15.9 Å². The van der Waals surface area contributed by atoms with Gasteiger partial charge >= 0.3 is 0 Å². The van der Waals surface area contributed by atoms with E-state index < -0.39 is 10.0 Å². The zero-order chi connectivity index (χ0) is 15.5. The molecule has 2 aliphatic rings. The van der Waals surface area contributed by atoms with Gasteiger partial charge in [-0.3, -0.25) is 4.79 Å². The van der Waals surface area contributed by atoms with E-state index in [1.54, 1.807) is 6.92 Å². The Morgan fingerprint density at radius 2 is 1.86 bits per heavy atom. The van der Waals surface area contributed by atoms with Gasteiger partial charge in [0, 0.05) is 19.1 Å². The Bertz CT molecular complexity index is 458. The normalized spacial score (nSPS) is 26.7. The molecule has 0 aromatic carbocycles. The SMILES string of the molecule is CCS(=O)(=O)N1CCCC(C(=O)NC2CCN(C)CC2)C1. The minimum atomic E-state index is -3.18. The minimum absolute atomic E-state index is 0.0283. The fraction of sp³-hybridized carbons (Fsp3) is 0.929. The van der Waals surface area contributed by atoms with Crippen LogP contribution in [0, 0.1) is 5.92 Å². The van der Waals surface area contributed by atoms with Crippen LogP contribution in [0.25, 0.3) is 0 Å². The second-order valence-corrected chi connectivity index (χ2v) is 8.44. The van der Waals surface area contributed by atoms with Gasteiger partial charge in [0.2, 0.25) is 15.9 Å². The molecule has 1 amide bonds. The van der Waals surface area contributed by atoms with E-state index in [9.17, 15) is 13.2 Å². The average Bonchev–Trinajstić information content (AvgIpc) is 2.49. The second-order valence-electron chi connectivity index (χ2n) is 6.18. The van der Waals surface area contributed by atoms with Gasteiger partial charge in [-0.2, -0.15) is 0 Å². The maximum Gasteiger partial charge on any atom is 0.224 e. The summed E-state index contributed by atoms with van der Waals surface area (Å²) in [5.41, 5.74) is 0. The monoisotopic (exact) mass is 317 g/mol. The van der Waals surface area contributed by atoms with Crippen LogP contribution < -0.4 is 5.32 Å². The molecule has 0 radical (unpaired) electrons. The van der Waals surface area contributed by atoms with Gasteiger partial charge in [-0.05, 0) is 52.7 Å². The van der Waals surface area contributed by atoms with Crippen molar-refractivity contribution in [2.24, 2.45) is 5.92 Å². The molecule has 0 spiro atoms. The van der Waals surface area contributed by atoms with Crippen LogP contribution in [0.1, 0.15) is 32.6 Å². The Balaban J connectivity index is 1.87. The number of nitrogens with one attached hydrogen (secondary N) is 1. The molecule has 7 heteroatoms. The Kier molecular flexibility index (Phi) is 5.62. The summed E-state index contributed by atoms with van der Waals surface area (Å²) >= 11 is 0. The van der Waals surface area contributed by atoms with Gasteiger partial charge in [0.25, 0.3) is 0 Å². The fourth-order valence-corrected chi connectivity index (χ4v) is 4.24. The number of rotatable bonds is 4. The Hall–Kier alpha value is -0.660. The number of hydrogen-bond acceptors (Lipinski definition) is 4. The van der Waals surface area contributed by atoms with Gasteiger partial charge in [-0.15, -0.1) is 0 Å². The standard InChI is InChI=1S/C14H27N3O3S/c1-3-21(19,20)17-8-4-5-12(11-17)14(18)15-13-6-9-16(2)10-7-13/h12-13H,3-11H2,1-2H3,(H,15,18). The molecule has 21 heavy (non-hydrogen) atoms. The molecular weight excluding hydrogens is 290 g/mol. The first-order valence-electron chi connectivity index (χ1n) is 7.89. The largest absolute Gasteiger partial charge is 0.353 e. The topological polar surface area (TPSA) is 69.7 Å². The van der Waals surface area contributed by atoms with Crippen molar-refractivity contribution in [2.45, 2.75) is 38.6 Å². The Morgan fingerprint density at radius 1 is 1.19 bits per heavy atom. The minimum Gasteiger partial charge on any atom is -0.353 e. The number of hydrogen-bond donors (Lipinski definition) is 1. The van der Waals surface area contributed by atoms with Crippen LogP contribution in [0.3, 0.4) is 0 Å². The highest BCUT2D eigenvalue weighted by molar-refractivity contribution is 7.89. The molecule has 1 N–H and O–H groups in total. The number of piperidine rings is 2. The maximum absolute atomic E-state index is 12.4. The third kappa shape index (κ3) is 4.40. The van der Waals surface area contributed by atoms with E-state index in [1.165, 1.54) is 4.31 Å². The number of nitrogens with zero attached hydrogens (tertiary/aromatic N) is 2. The third-order valence-electron chi connectivity index (χ3n) is 4.58. The van der Waals surface area contributed by atoms with Crippen molar-refractivity contribution in [3.05, 3.63) is 0 Å². The zero-order valence-electron chi connectivity index (χ0n) is 13.0. The predicted octanol–water partition coefficient (Wildman–Crippen LogP) is 0.259. The lowest BCUT2D eigenvalue weighted by molar-refractivity contribution is -0.127. The van der Waals surface area contributed by atoms with Crippen molar-refractivity contribution in [1.82, 2.24) is 14.5 Å². The lowest BCUT2D eigenvalue weighted by Gasteiger charge is -2.34. The molecule has 2 heterocycles. The van der Waals surface area contributed by atoms with Gasteiger partial charge in [-0.25, -0.2) is 12.7 Å². The molecule has 0 aromatic heterocycles. The van der Waals surface area contributed by atoms with Crippen LogP contribution in [0.15, 0.2) is 0 Å². The number of sulfonamides is 1. The first-order valence-corrected chi connectivity index (χ1v) is 9.50. The van der Waals surface area contributed by atoms with Crippen LogP contribution in [-0.4, -0.2) is 68.6 Å². The molecule has 0 bridgehead atoms. The molecule has 1 atom stereocenters. The van der Waals surface area contributed by atoms with Crippen molar-refractivity contribution in [2.75, 3.05) is 39.0 Å². The van der Waals surface area contributed by atoms with Crippen LogP contribution >= 0.6 is 0 Å². The fourth-order valence-electron chi connectivity index (χ4n) is 3.06. The van der Waals surface area contributed by atoms with Crippen LogP contribution in [0.2, 0.25) is 0 Å². The van der Waals surface area contributed by atoms with Gasteiger partial charge in [-0.1, -0.05) is 0 Å². The summed E-state index contributed by atoms with van der Waals surface area (Å²) in [5, 5.41) is 3.11. The molecule has 2 fully saturated rings. The Labute approximate surface area is 127 Å². The van der Waals surface area contributed by atoms with Gasteiger partial charge in [0.1, 0.15) is 0 Å². The number of carbonyl (C=O) groups is 1. The molecule has 122 valence electrons.